The fraction of sp³-hybridized carbons (Fsp3) is 0.281. The number of ether oxygens (including phenoxy) is 3. The monoisotopic (exact) mass is 539 g/mol. The van der Waals surface area contributed by atoms with Crippen LogP contribution in [-0.4, -0.2) is 37.7 Å². The quantitative estimate of drug-likeness (QED) is 0.232. The van der Waals surface area contributed by atoms with Gasteiger partial charge < -0.3 is 14.2 Å². The minimum atomic E-state index is -0.723. The number of rotatable bonds is 4. The molecule has 0 N–H and O–H groups in total. The third kappa shape index (κ3) is 5.71. The Morgan fingerprint density at radius 2 is 1.40 bits per heavy atom. The van der Waals surface area contributed by atoms with Gasteiger partial charge in [-0.3, -0.25) is 0 Å². The molecule has 0 aliphatic carbocycles. The summed E-state index contributed by atoms with van der Waals surface area (Å²) in [6, 6.07) is 24.7. The van der Waals surface area contributed by atoms with Gasteiger partial charge in [0.25, 0.3) is 0 Å². The fourth-order valence-electron chi connectivity index (χ4n) is 4.39. The first-order valence-corrected chi connectivity index (χ1v) is 13.2. The summed E-state index contributed by atoms with van der Waals surface area (Å²) in [5, 5.41) is 6.16. The Morgan fingerprint density at radius 3 is 2.10 bits per heavy atom. The maximum Gasteiger partial charge on any atom is 0.435 e. The Bertz CT molecular complexity index is 1700. The molecular weight excluding hydrogens is 506 g/mol. The Morgan fingerprint density at radius 1 is 0.750 bits per heavy atom. The van der Waals surface area contributed by atoms with E-state index in [-0.39, 0.29) is 0 Å². The zero-order valence-corrected chi connectivity index (χ0v) is 23.6. The minimum Gasteiger partial charge on any atom is -0.489 e. The van der Waals surface area contributed by atoms with Crippen molar-refractivity contribution in [2.75, 3.05) is 0 Å². The van der Waals surface area contributed by atoms with Gasteiger partial charge in [-0.15, -0.1) is 0 Å². The van der Waals surface area contributed by atoms with Gasteiger partial charge >= 0.3 is 12.2 Å². The topological polar surface area (TPSA) is 84.6 Å². The summed E-state index contributed by atoms with van der Waals surface area (Å²) in [6.45, 7) is 11.2. The number of carbonyl (C=O) groups excluding carboxylic acids is 2. The van der Waals surface area contributed by atoms with E-state index in [1.165, 1.54) is 9.25 Å². The Labute approximate surface area is 233 Å². The first kappa shape index (κ1) is 27.0. The zero-order valence-electron chi connectivity index (χ0n) is 23.6. The van der Waals surface area contributed by atoms with Crippen molar-refractivity contribution in [1.82, 2.24) is 14.3 Å². The molecule has 0 fully saturated rings. The molecule has 206 valence electrons. The van der Waals surface area contributed by atoms with E-state index in [9.17, 15) is 9.59 Å². The van der Waals surface area contributed by atoms with Crippen molar-refractivity contribution in [3.05, 3.63) is 84.4 Å². The third-order valence-corrected chi connectivity index (χ3v) is 6.00. The molecular formula is C32H33N3O5. The minimum absolute atomic E-state index is 0.375. The van der Waals surface area contributed by atoms with Gasteiger partial charge in [-0.1, -0.05) is 48.5 Å². The van der Waals surface area contributed by atoms with Gasteiger partial charge in [0.15, 0.2) is 0 Å². The molecule has 0 amide bonds. The molecule has 0 aliphatic heterocycles. The molecule has 0 saturated heterocycles. The molecule has 0 aliphatic rings. The molecule has 0 bridgehead atoms. The summed E-state index contributed by atoms with van der Waals surface area (Å²) in [5.74, 6) is 0.598. The summed E-state index contributed by atoms with van der Waals surface area (Å²) < 4.78 is 20.2. The second kappa shape index (κ2) is 10.2. The van der Waals surface area contributed by atoms with Gasteiger partial charge in [0, 0.05) is 10.8 Å². The lowest BCUT2D eigenvalue weighted by atomic mass is 10.1. The predicted octanol–water partition coefficient (Wildman–Crippen LogP) is 7.80. The second-order valence-electron chi connectivity index (χ2n) is 11.6. The molecule has 0 atom stereocenters. The first-order chi connectivity index (χ1) is 18.9. The number of fused-ring (bicyclic) bond motifs is 2. The smallest absolute Gasteiger partial charge is 0.435 e. The molecule has 3 aromatic carbocycles. The van der Waals surface area contributed by atoms with E-state index in [0.29, 0.717) is 40.2 Å². The number of nitrogens with zero attached hydrogens (tertiary/aromatic N) is 3. The van der Waals surface area contributed by atoms with Crippen molar-refractivity contribution in [1.29, 1.82) is 0 Å². The molecule has 8 heteroatoms. The Balaban J connectivity index is 1.68. The van der Waals surface area contributed by atoms with Crippen LogP contribution in [0.3, 0.4) is 0 Å². The standard InChI is InChI=1S/C32H33N3O5/c1-31(2,3)39-29(36)34-25-15-11-10-14-22(25)18-27(34)28-24-19-23(38-20-21-12-8-7-9-13-21)16-17-26(24)35(33-28)30(37)40-32(4,5)6/h7-19H,20H2,1-6H3. The van der Waals surface area contributed by atoms with Crippen molar-refractivity contribution < 1.29 is 23.8 Å². The highest BCUT2D eigenvalue weighted by Crippen LogP contribution is 2.35. The van der Waals surface area contributed by atoms with E-state index in [2.05, 4.69) is 0 Å². The van der Waals surface area contributed by atoms with Crippen LogP contribution in [-0.2, 0) is 16.1 Å². The third-order valence-electron chi connectivity index (χ3n) is 6.00. The van der Waals surface area contributed by atoms with Crippen LogP contribution in [0.1, 0.15) is 47.1 Å². The lowest BCUT2D eigenvalue weighted by molar-refractivity contribution is 0.0520. The van der Waals surface area contributed by atoms with Gasteiger partial charge in [-0.05, 0) is 77.4 Å². The van der Waals surface area contributed by atoms with E-state index < -0.39 is 23.4 Å². The van der Waals surface area contributed by atoms with Crippen molar-refractivity contribution >= 4 is 34.0 Å². The number of hydrogen-bond acceptors (Lipinski definition) is 6. The van der Waals surface area contributed by atoms with Crippen LogP contribution in [0, 0.1) is 0 Å². The number of aromatic nitrogens is 3. The lowest BCUT2D eigenvalue weighted by Crippen LogP contribution is -2.28. The van der Waals surface area contributed by atoms with Gasteiger partial charge in [0.2, 0.25) is 0 Å². The predicted molar refractivity (Wildman–Crippen MR) is 155 cm³/mol. The van der Waals surface area contributed by atoms with Crippen LogP contribution in [0.4, 0.5) is 9.59 Å². The van der Waals surface area contributed by atoms with E-state index in [1.54, 1.807) is 32.9 Å². The van der Waals surface area contributed by atoms with E-state index in [0.717, 1.165) is 10.9 Å². The average molecular weight is 540 g/mol. The number of para-hydroxylation sites is 1. The molecule has 5 aromatic rings. The SMILES string of the molecule is CC(C)(C)OC(=O)n1nc(-c2cc3ccccc3n2C(=O)OC(C)(C)C)c2cc(OCc3ccccc3)ccc21. The maximum atomic E-state index is 13.5. The Kier molecular flexibility index (Phi) is 6.87. The zero-order chi connectivity index (χ0) is 28.7. The molecule has 8 nitrogen and oxygen atoms in total. The number of hydrogen-bond donors (Lipinski definition) is 0. The summed E-state index contributed by atoms with van der Waals surface area (Å²) in [7, 11) is 0. The molecule has 0 unspecified atom stereocenters. The van der Waals surface area contributed by atoms with Crippen LogP contribution < -0.4 is 4.74 Å². The highest BCUT2D eigenvalue weighted by molar-refractivity contribution is 6.03. The second-order valence-corrected chi connectivity index (χ2v) is 11.6. The van der Waals surface area contributed by atoms with Gasteiger partial charge in [-0.2, -0.15) is 9.78 Å². The fourth-order valence-corrected chi connectivity index (χ4v) is 4.39. The molecule has 0 spiro atoms. The van der Waals surface area contributed by atoms with Crippen LogP contribution in [0.15, 0.2) is 78.9 Å². The number of benzene rings is 3. The van der Waals surface area contributed by atoms with E-state index in [1.807, 2.05) is 87.5 Å². The van der Waals surface area contributed by atoms with Gasteiger partial charge in [0.1, 0.15) is 29.3 Å². The van der Waals surface area contributed by atoms with Crippen LogP contribution in [0.25, 0.3) is 33.2 Å². The maximum absolute atomic E-state index is 13.5. The van der Waals surface area contributed by atoms with Crippen LogP contribution in [0.2, 0.25) is 0 Å². The molecule has 0 saturated carbocycles. The highest BCUT2D eigenvalue weighted by Gasteiger charge is 2.28. The average Bonchev–Trinajstić information content (AvgIpc) is 3.44. The van der Waals surface area contributed by atoms with Crippen LogP contribution >= 0.6 is 0 Å². The van der Waals surface area contributed by atoms with Crippen molar-refractivity contribution in [3.8, 4) is 17.1 Å². The summed E-state index contributed by atoms with van der Waals surface area (Å²) in [5.41, 5.74) is 1.70. The van der Waals surface area contributed by atoms with Gasteiger partial charge in [0.05, 0.1) is 16.7 Å². The van der Waals surface area contributed by atoms with Gasteiger partial charge in [-0.25, -0.2) is 14.2 Å². The van der Waals surface area contributed by atoms with E-state index >= 15 is 0 Å². The molecule has 40 heavy (non-hydrogen) atoms. The summed E-state index contributed by atoms with van der Waals surface area (Å²) in [4.78, 5) is 26.8. The van der Waals surface area contributed by atoms with Crippen molar-refractivity contribution in [3.63, 3.8) is 0 Å². The van der Waals surface area contributed by atoms with Crippen molar-refractivity contribution in [2.45, 2.75) is 59.4 Å². The lowest BCUT2D eigenvalue weighted by Gasteiger charge is -2.20. The van der Waals surface area contributed by atoms with E-state index in [4.69, 9.17) is 19.3 Å². The van der Waals surface area contributed by atoms with Crippen molar-refractivity contribution in [2.24, 2.45) is 0 Å². The number of carbonyl (C=O) groups is 2. The summed E-state index contributed by atoms with van der Waals surface area (Å²) >= 11 is 0. The normalized spacial score (nSPS) is 12.1. The molecule has 5 rings (SSSR count). The molecule has 2 heterocycles. The first-order valence-electron chi connectivity index (χ1n) is 13.2. The summed E-state index contributed by atoms with van der Waals surface area (Å²) in [6.07, 6.45) is -1.17. The molecule has 0 radical (unpaired) electrons. The Hall–Kier alpha value is -4.59. The highest BCUT2D eigenvalue weighted by atomic mass is 16.6. The molecule has 2 aromatic heterocycles. The van der Waals surface area contributed by atoms with Crippen LogP contribution in [0.5, 0.6) is 5.75 Å². The largest absolute Gasteiger partial charge is 0.489 e.